The minimum atomic E-state index is -3.73. The number of furan rings is 1. The molecule has 9 heteroatoms. The van der Waals surface area contributed by atoms with E-state index >= 15 is 0 Å². The first-order valence-corrected chi connectivity index (χ1v) is 11.1. The molecular formula is C21H18ClFN2O4S. The Morgan fingerprint density at radius 1 is 0.900 bits per heavy atom. The molecule has 1 amide bonds. The number of carbonyl (C=O) groups is 1. The highest BCUT2D eigenvalue weighted by atomic mass is 35.5. The normalized spacial score (nSPS) is 15.3. The van der Waals surface area contributed by atoms with Crippen molar-refractivity contribution in [3.8, 4) is 11.3 Å². The van der Waals surface area contributed by atoms with Crippen molar-refractivity contribution in [2.24, 2.45) is 0 Å². The standard InChI is InChI=1S/C21H18ClFN2O4S/c22-16-3-1-15(2-4-16)19-9-10-20(29-19)21(26)24-11-13-25(14-12-24)30(27,28)18-7-5-17(23)6-8-18/h1-10H,11-14H2. The predicted octanol–water partition coefficient (Wildman–Crippen LogP) is 3.89. The van der Waals surface area contributed by atoms with E-state index in [1.807, 2.05) is 0 Å². The maximum absolute atomic E-state index is 13.1. The van der Waals surface area contributed by atoms with Gasteiger partial charge in [0.25, 0.3) is 5.91 Å². The zero-order chi connectivity index (χ0) is 21.3. The van der Waals surface area contributed by atoms with E-state index in [-0.39, 0.29) is 42.7 Å². The number of amides is 1. The molecule has 4 rings (SSSR count). The molecule has 1 aromatic heterocycles. The van der Waals surface area contributed by atoms with Crippen LogP contribution < -0.4 is 0 Å². The van der Waals surface area contributed by atoms with Gasteiger partial charge >= 0.3 is 0 Å². The van der Waals surface area contributed by atoms with Gasteiger partial charge in [0.15, 0.2) is 5.76 Å². The molecule has 3 aromatic rings. The van der Waals surface area contributed by atoms with Gasteiger partial charge in [-0.1, -0.05) is 11.6 Å². The second-order valence-electron chi connectivity index (χ2n) is 6.82. The zero-order valence-corrected chi connectivity index (χ0v) is 17.4. The minimum absolute atomic E-state index is 0.0299. The topological polar surface area (TPSA) is 70.8 Å². The maximum atomic E-state index is 13.1. The van der Waals surface area contributed by atoms with Crippen LogP contribution in [0.3, 0.4) is 0 Å². The lowest BCUT2D eigenvalue weighted by Gasteiger charge is -2.33. The highest BCUT2D eigenvalue weighted by Crippen LogP contribution is 2.25. The Bertz CT molecular complexity index is 1150. The lowest BCUT2D eigenvalue weighted by Crippen LogP contribution is -2.50. The number of halogens is 2. The zero-order valence-electron chi connectivity index (χ0n) is 15.8. The van der Waals surface area contributed by atoms with Gasteiger partial charge in [-0.15, -0.1) is 0 Å². The van der Waals surface area contributed by atoms with Crippen LogP contribution in [0, 0.1) is 5.82 Å². The van der Waals surface area contributed by atoms with E-state index in [0.717, 1.165) is 17.7 Å². The average Bonchev–Trinajstić information content (AvgIpc) is 3.24. The van der Waals surface area contributed by atoms with Crippen molar-refractivity contribution in [3.63, 3.8) is 0 Å². The van der Waals surface area contributed by atoms with Crippen LogP contribution in [0.2, 0.25) is 5.02 Å². The number of hydrogen-bond acceptors (Lipinski definition) is 4. The van der Waals surface area contributed by atoms with Crippen LogP contribution in [-0.4, -0.2) is 49.7 Å². The molecule has 1 fully saturated rings. The third-order valence-corrected chi connectivity index (χ3v) is 7.09. The van der Waals surface area contributed by atoms with Crippen molar-refractivity contribution < 1.29 is 22.0 Å². The minimum Gasteiger partial charge on any atom is -0.451 e. The van der Waals surface area contributed by atoms with E-state index in [1.165, 1.54) is 16.4 Å². The molecule has 1 saturated heterocycles. The number of rotatable bonds is 4. The van der Waals surface area contributed by atoms with Gasteiger partial charge in [0.05, 0.1) is 4.90 Å². The van der Waals surface area contributed by atoms with E-state index < -0.39 is 15.8 Å². The van der Waals surface area contributed by atoms with E-state index in [9.17, 15) is 17.6 Å². The molecule has 30 heavy (non-hydrogen) atoms. The second-order valence-corrected chi connectivity index (χ2v) is 9.20. The Morgan fingerprint density at radius 3 is 2.17 bits per heavy atom. The van der Waals surface area contributed by atoms with Crippen LogP contribution in [-0.2, 0) is 10.0 Å². The first-order chi connectivity index (χ1) is 14.3. The van der Waals surface area contributed by atoms with Gasteiger partial charge in [-0.25, -0.2) is 12.8 Å². The monoisotopic (exact) mass is 448 g/mol. The Hall–Kier alpha value is -2.68. The van der Waals surface area contributed by atoms with E-state index in [2.05, 4.69) is 0 Å². The third-order valence-electron chi connectivity index (χ3n) is 4.92. The summed E-state index contributed by atoms with van der Waals surface area (Å²) in [6.45, 7) is 0.763. The summed E-state index contributed by atoms with van der Waals surface area (Å²) in [4.78, 5) is 14.4. The summed E-state index contributed by atoms with van der Waals surface area (Å²) in [6.07, 6.45) is 0. The van der Waals surface area contributed by atoms with E-state index in [1.54, 1.807) is 41.3 Å². The van der Waals surface area contributed by atoms with Crippen LogP contribution >= 0.6 is 11.6 Å². The molecule has 0 radical (unpaired) electrons. The first-order valence-electron chi connectivity index (χ1n) is 9.25. The van der Waals surface area contributed by atoms with E-state index in [4.69, 9.17) is 16.0 Å². The molecule has 2 heterocycles. The molecule has 0 aliphatic carbocycles. The summed E-state index contributed by atoms with van der Waals surface area (Å²) in [5.41, 5.74) is 0.800. The smallest absolute Gasteiger partial charge is 0.289 e. The molecule has 2 aromatic carbocycles. The van der Waals surface area contributed by atoms with Gasteiger partial charge in [-0.05, 0) is 60.7 Å². The maximum Gasteiger partial charge on any atom is 0.289 e. The quantitative estimate of drug-likeness (QED) is 0.607. The van der Waals surface area contributed by atoms with Gasteiger partial charge in [0, 0.05) is 36.8 Å². The van der Waals surface area contributed by atoms with Crippen LogP contribution in [0.15, 0.2) is 70.0 Å². The lowest BCUT2D eigenvalue weighted by molar-refractivity contribution is 0.0667. The summed E-state index contributed by atoms with van der Waals surface area (Å²) < 4.78 is 45.5. The average molecular weight is 449 g/mol. The van der Waals surface area contributed by atoms with Crippen molar-refractivity contribution >= 4 is 27.5 Å². The fraction of sp³-hybridized carbons (Fsp3) is 0.190. The van der Waals surface area contributed by atoms with Crippen molar-refractivity contribution in [2.45, 2.75) is 4.90 Å². The number of carbonyl (C=O) groups excluding carboxylic acids is 1. The molecule has 0 unspecified atom stereocenters. The summed E-state index contributed by atoms with van der Waals surface area (Å²) in [5.74, 6) is -0.0582. The molecule has 1 aliphatic heterocycles. The van der Waals surface area contributed by atoms with Crippen molar-refractivity contribution in [2.75, 3.05) is 26.2 Å². The molecule has 0 saturated carbocycles. The Labute approximate surface area is 178 Å². The Morgan fingerprint density at radius 2 is 1.53 bits per heavy atom. The van der Waals surface area contributed by atoms with Crippen molar-refractivity contribution in [3.05, 3.63) is 77.3 Å². The highest BCUT2D eigenvalue weighted by molar-refractivity contribution is 7.89. The van der Waals surface area contributed by atoms with Crippen LogP contribution in [0.25, 0.3) is 11.3 Å². The lowest BCUT2D eigenvalue weighted by atomic mass is 10.2. The van der Waals surface area contributed by atoms with Gasteiger partial charge in [0.1, 0.15) is 11.6 Å². The van der Waals surface area contributed by atoms with E-state index in [0.29, 0.717) is 10.8 Å². The number of sulfonamides is 1. The second kappa shape index (κ2) is 8.22. The Balaban J connectivity index is 1.42. The molecule has 156 valence electrons. The number of piperazine rings is 1. The predicted molar refractivity (Wildman–Crippen MR) is 110 cm³/mol. The molecule has 6 nitrogen and oxygen atoms in total. The summed E-state index contributed by atoms with van der Waals surface area (Å²) in [7, 11) is -3.73. The SMILES string of the molecule is O=C(c1ccc(-c2ccc(Cl)cc2)o1)N1CCN(S(=O)(=O)c2ccc(F)cc2)CC1. The Kier molecular flexibility index (Phi) is 5.64. The van der Waals surface area contributed by atoms with Crippen LogP contribution in [0.5, 0.6) is 0 Å². The third kappa shape index (κ3) is 4.12. The van der Waals surface area contributed by atoms with Gasteiger partial charge in [0.2, 0.25) is 10.0 Å². The summed E-state index contributed by atoms with van der Waals surface area (Å²) in [5, 5.41) is 0.607. The molecular weight excluding hydrogens is 431 g/mol. The van der Waals surface area contributed by atoms with Gasteiger partial charge in [-0.2, -0.15) is 4.31 Å². The van der Waals surface area contributed by atoms with Crippen LogP contribution in [0.4, 0.5) is 4.39 Å². The number of nitrogens with zero attached hydrogens (tertiary/aromatic N) is 2. The van der Waals surface area contributed by atoms with Crippen LogP contribution in [0.1, 0.15) is 10.6 Å². The summed E-state index contributed by atoms with van der Waals surface area (Å²) in [6, 6.07) is 15.1. The molecule has 0 bridgehead atoms. The molecule has 1 aliphatic rings. The molecule has 0 atom stereocenters. The largest absolute Gasteiger partial charge is 0.451 e. The summed E-state index contributed by atoms with van der Waals surface area (Å²) >= 11 is 5.89. The molecule has 0 N–H and O–H groups in total. The van der Waals surface area contributed by atoms with Gasteiger partial charge in [-0.3, -0.25) is 4.79 Å². The number of benzene rings is 2. The molecule has 0 spiro atoms. The van der Waals surface area contributed by atoms with Crippen molar-refractivity contribution in [1.29, 1.82) is 0 Å². The first kappa shape index (κ1) is 20.6. The highest BCUT2D eigenvalue weighted by Gasteiger charge is 2.31. The number of hydrogen-bond donors (Lipinski definition) is 0. The van der Waals surface area contributed by atoms with Crippen molar-refractivity contribution in [1.82, 2.24) is 9.21 Å². The van der Waals surface area contributed by atoms with Gasteiger partial charge < -0.3 is 9.32 Å². The fourth-order valence-electron chi connectivity index (χ4n) is 3.27. The fourth-order valence-corrected chi connectivity index (χ4v) is 4.81.